The molecule has 67 heavy (non-hydrogen) atoms. The van der Waals surface area contributed by atoms with Crippen LogP contribution in [0.15, 0.2) is 0 Å². The molecular weight excluding hydrogens is 887 g/mol. The Kier molecular flexibility index (Phi) is 19.3. The lowest BCUT2D eigenvalue weighted by Gasteiger charge is -2.35. The molecule has 0 radical (unpaired) electrons. The van der Waals surface area contributed by atoms with Gasteiger partial charge < -0.3 is 78.1 Å². The zero-order chi connectivity index (χ0) is 49.9. The van der Waals surface area contributed by atoms with Gasteiger partial charge in [0.25, 0.3) is 0 Å². The molecule has 0 bridgehead atoms. The molecule has 0 aromatic heterocycles. The summed E-state index contributed by atoms with van der Waals surface area (Å²) in [5.41, 5.74) is 5.03. The van der Waals surface area contributed by atoms with Crippen molar-refractivity contribution in [3.63, 3.8) is 0 Å². The summed E-state index contributed by atoms with van der Waals surface area (Å²) < 4.78 is 0. The molecule has 10 amide bonds. The molecule has 12 atom stereocenters. The Bertz CT molecular complexity index is 1900. The highest BCUT2D eigenvalue weighted by atomic mass is 16.4. The van der Waals surface area contributed by atoms with Crippen molar-refractivity contribution in [3.05, 3.63) is 0 Å². The van der Waals surface area contributed by atoms with Gasteiger partial charge in [-0.25, -0.2) is 4.79 Å². The maximum absolute atomic E-state index is 14.2. The number of carboxylic acid groups (broad SMARTS) is 1. The summed E-state index contributed by atoms with van der Waals surface area (Å²) >= 11 is 0. The molecule has 13 N–H and O–H groups in total. The van der Waals surface area contributed by atoms with Crippen LogP contribution in [0.4, 0.5) is 0 Å². The second-order valence-corrected chi connectivity index (χ2v) is 17.4. The molecule has 4 fully saturated rings. The van der Waals surface area contributed by atoms with Gasteiger partial charge in [-0.15, -0.1) is 0 Å². The van der Waals surface area contributed by atoms with Crippen molar-refractivity contribution in [2.75, 3.05) is 32.8 Å². The number of carbonyl (C=O) groups excluding carboxylic acids is 10. The summed E-state index contributed by atoms with van der Waals surface area (Å²) in [4.78, 5) is 147. The van der Waals surface area contributed by atoms with Crippen LogP contribution in [0.2, 0.25) is 0 Å². The number of carboxylic acids is 1. The van der Waals surface area contributed by atoms with Gasteiger partial charge in [-0.1, -0.05) is 0 Å². The highest BCUT2D eigenvalue weighted by molar-refractivity contribution is 5.99. The average molecular weight is 952 g/mol. The fraction of sp³-hybridized carbons (Fsp3) is 0.732. The molecule has 26 nitrogen and oxygen atoms in total. The van der Waals surface area contributed by atoms with Crippen molar-refractivity contribution in [2.24, 2.45) is 5.73 Å². The van der Waals surface area contributed by atoms with Gasteiger partial charge in [0.15, 0.2) is 0 Å². The first-order valence-corrected chi connectivity index (χ1v) is 22.5. The normalized spacial score (nSPS) is 23.9. The van der Waals surface area contributed by atoms with Gasteiger partial charge in [0, 0.05) is 19.6 Å². The Morgan fingerprint density at radius 2 is 1.09 bits per heavy atom. The lowest BCUT2D eigenvalue weighted by Crippen LogP contribution is -2.61. The summed E-state index contributed by atoms with van der Waals surface area (Å²) in [6, 6.07) is -12.6. The molecule has 0 aliphatic carbocycles. The van der Waals surface area contributed by atoms with Gasteiger partial charge in [0.2, 0.25) is 59.1 Å². The van der Waals surface area contributed by atoms with E-state index < -0.39 is 151 Å². The van der Waals surface area contributed by atoms with E-state index in [2.05, 4.69) is 31.9 Å². The topological polar surface area (TPSA) is 389 Å². The third kappa shape index (κ3) is 13.8. The predicted molar refractivity (Wildman–Crippen MR) is 230 cm³/mol. The smallest absolute Gasteiger partial charge is 0.326 e. The Morgan fingerprint density at radius 3 is 1.61 bits per heavy atom. The third-order valence-corrected chi connectivity index (χ3v) is 12.3. The number of hydrogen-bond donors (Lipinski definition) is 12. The molecule has 0 spiro atoms. The molecule has 0 unspecified atom stereocenters. The number of aliphatic carboxylic acids is 1. The van der Waals surface area contributed by atoms with Gasteiger partial charge in [-0.3, -0.25) is 47.9 Å². The highest BCUT2D eigenvalue weighted by Gasteiger charge is 2.47. The maximum atomic E-state index is 14.2. The Balaban J connectivity index is 1.34. The van der Waals surface area contributed by atoms with E-state index >= 15 is 0 Å². The van der Waals surface area contributed by atoms with Crippen molar-refractivity contribution in [3.8, 4) is 0 Å². The number of nitrogens with two attached hydrogens (primary N) is 1. The number of carbonyl (C=O) groups is 11. The van der Waals surface area contributed by atoms with Crippen molar-refractivity contribution in [2.45, 2.75) is 158 Å². The van der Waals surface area contributed by atoms with Crippen molar-refractivity contribution < 1.29 is 73.2 Å². The molecule has 4 heterocycles. The fourth-order valence-electron chi connectivity index (χ4n) is 8.63. The number of nitrogens with zero attached hydrogens (tertiary/aromatic N) is 3. The molecule has 4 saturated heterocycles. The third-order valence-electron chi connectivity index (χ3n) is 12.3. The predicted octanol–water partition coefficient (Wildman–Crippen LogP) is -6.63. The van der Waals surface area contributed by atoms with Crippen LogP contribution >= 0.6 is 0 Å². The van der Waals surface area contributed by atoms with Crippen molar-refractivity contribution >= 4 is 65.0 Å². The number of aliphatic hydroxyl groups is 3. The van der Waals surface area contributed by atoms with Crippen molar-refractivity contribution in [1.82, 2.24) is 51.9 Å². The second-order valence-electron chi connectivity index (χ2n) is 17.4. The average Bonchev–Trinajstić information content (AvgIpc) is 4.12. The molecular formula is C41H65N11O15. The van der Waals surface area contributed by atoms with Crippen LogP contribution in [-0.2, 0) is 52.7 Å². The SMILES string of the molecule is C[C@H](NC(=O)[C@@H]1CCCN1C(=O)[C@@H]1CCCN1C(=O)[C@@H]1CCCN1C(=O)[C@H](C)NC(=O)[C@@H](NC(=O)[C@@H]1CCCN1)[C@@H](C)O)C(=O)N[C@@H](CO)C(=O)N[C@H](C(=O)N[C@@H](CC(N)=O)C(=O)O)[C@@H](C)O. The van der Waals surface area contributed by atoms with Gasteiger partial charge in [0.05, 0.1) is 31.3 Å². The minimum atomic E-state index is -1.80. The molecule has 0 aromatic rings. The van der Waals surface area contributed by atoms with Gasteiger partial charge in [-0.05, 0) is 85.6 Å². The van der Waals surface area contributed by atoms with E-state index in [4.69, 9.17) is 5.73 Å². The number of primary amides is 1. The summed E-state index contributed by atoms with van der Waals surface area (Å²) in [5.74, 6) is -9.53. The minimum absolute atomic E-state index is 0.160. The first-order valence-electron chi connectivity index (χ1n) is 22.5. The van der Waals surface area contributed by atoms with E-state index in [9.17, 15) is 73.2 Å². The molecule has 0 saturated carbocycles. The summed E-state index contributed by atoms with van der Waals surface area (Å²) in [6.45, 7) is 5.32. The van der Waals surface area contributed by atoms with E-state index in [1.165, 1.54) is 35.5 Å². The van der Waals surface area contributed by atoms with E-state index in [1.54, 1.807) is 0 Å². The number of aliphatic hydroxyl groups excluding tert-OH is 3. The van der Waals surface area contributed by atoms with E-state index in [1.807, 2.05) is 5.32 Å². The molecule has 374 valence electrons. The van der Waals surface area contributed by atoms with Crippen LogP contribution in [0.25, 0.3) is 0 Å². The number of rotatable bonds is 21. The van der Waals surface area contributed by atoms with Crippen molar-refractivity contribution in [1.29, 1.82) is 0 Å². The van der Waals surface area contributed by atoms with Crippen LogP contribution in [0.1, 0.15) is 85.5 Å². The summed E-state index contributed by atoms with van der Waals surface area (Å²) in [5, 5.41) is 56.6. The highest BCUT2D eigenvalue weighted by Crippen LogP contribution is 2.29. The summed E-state index contributed by atoms with van der Waals surface area (Å²) in [7, 11) is 0. The van der Waals surface area contributed by atoms with Crippen LogP contribution in [-0.4, -0.2) is 206 Å². The minimum Gasteiger partial charge on any atom is -0.480 e. The zero-order valence-corrected chi connectivity index (χ0v) is 38.0. The van der Waals surface area contributed by atoms with Crippen LogP contribution < -0.4 is 43.0 Å². The van der Waals surface area contributed by atoms with E-state index in [0.717, 1.165) is 13.3 Å². The first-order chi connectivity index (χ1) is 31.6. The zero-order valence-electron chi connectivity index (χ0n) is 38.0. The van der Waals surface area contributed by atoms with Gasteiger partial charge in [0.1, 0.15) is 54.4 Å². The quantitative estimate of drug-likeness (QED) is 0.0509. The maximum Gasteiger partial charge on any atom is 0.326 e. The number of hydrogen-bond acceptors (Lipinski definition) is 15. The van der Waals surface area contributed by atoms with Crippen LogP contribution in [0, 0.1) is 0 Å². The van der Waals surface area contributed by atoms with Crippen LogP contribution in [0.5, 0.6) is 0 Å². The Morgan fingerprint density at radius 1 is 0.582 bits per heavy atom. The fourth-order valence-corrected chi connectivity index (χ4v) is 8.63. The largest absolute Gasteiger partial charge is 0.480 e. The number of likely N-dealkylation sites (tertiary alicyclic amines) is 3. The number of amides is 10. The first kappa shape index (κ1) is 53.6. The van der Waals surface area contributed by atoms with Gasteiger partial charge >= 0.3 is 5.97 Å². The standard InChI is InChI=1S/C41H65N11O15/c1-19(32(57)47-25(18-53)34(59)49-31(22(4)55)37(62)46-24(41(66)67)17-29(42)56)44-35(60)26-10-6-14-50(26)39(64)28-12-8-16-52(28)40(65)27-11-7-15-51(27)38(63)20(2)45-36(61)30(21(3)54)48-33(58)23-9-5-13-43-23/h19-28,30-31,43,53-55H,5-18H2,1-4H3,(H2,42,56)(H,44,60)(H,45,61)(H,46,62)(H,47,57)(H,48,58)(H,49,59)(H,66,67)/t19-,20-,21+,22+,23-,24-,25-,26-,27-,28-,30-,31-/m0/s1. The van der Waals surface area contributed by atoms with Crippen LogP contribution in [0.3, 0.4) is 0 Å². The molecule has 4 aliphatic heterocycles. The molecule has 4 aliphatic rings. The Labute approximate surface area is 386 Å². The molecule has 0 aromatic carbocycles. The monoisotopic (exact) mass is 951 g/mol. The molecule has 4 rings (SSSR count). The summed E-state index contributed by atoms with van der Waals surface area (Å²) in [6.07, 6.45) is -0.229. The van der Waals surface area contributed by atoms with E-state index in [0.29, 0.717) is 38.6 Å². The number of nitrogens with one attached hydrogen (secondary N) is 7. The van der Waals surface area contributed by atoms with Gasteiger partial charge in [-0.2, -0.15) is 0 Å². The lowest BCUT2D eigenvalue weighted by atomic mass is 10.1. The molecule has 26 heteroatoms. The second kappa shape index (κ2) is 24.2. The Hall–Kier alpha value is -5.99. The van der Waals surface area contributed by atoms with E-state index in [-0.39, 0.29) is 32.5 Å². The lowest BCUT2D eigenvalue weighted by molar-refractivity contribution is -0.151.